The van der Waals surface area contributed by atoms with Crippen LogP contribution in [-0.4, -0.2) is 32.5 Å². The molecule has 134 valence electrons. The van der Waals surface area contributed by atoms with Gasteiger partial charge in [0.2, 0.25) is 0 Å². The van der Waals surface area contributed by atoms with E-state index < -0.39 is 16.5 Å². The monoisotopic (exact) mass is 355 g/mol. The fraction of sp³-hybridized carbons (Fsp3) is 0.750. The number of hydrogen-bond donors (Lipinski definition) is 2. The highest BCUT2D eigenvalue weighted by molar-refractivity contribution is 8.00. The minimum atomic E-state index is -0.671. The molecule has 1 fully saturated rings. The van der Waals surface area contributed by atoms with Crippen LogP contribution in [0.1, 0.15) is 47.0 Å². The smallest absolute Gasteiger partial charge is 0.342 e. The van der Waals surface area contributed by atoms with Gasteiger partial charge in [-0.05, 0) is 37.5 Å². The zero-order chi connectivity index (χ0) is 17.9. The van der Waals surface area contributed by atoms with Crippen LogP contribution >= 0.6 is 11.8 Å². The van der Waals surface area contributed by atoms with Crippen molar-refractivity contribution in [2.45, 2.75) is 63.3 Å². The minimum Gasteiger partial charge on any atom is -0.461 e. The van der Waals surface area contributed by atoms with E-state index >= 15 is 0 Å². The Hall–Kier alpha value is -1.57. The van der Waals surface area contributed by atoms with Gasteiger partial charge in [-0.25, -0.2) is 9.89 Å². The SMILES string of the molecule is CC(C)[C@@H]1CC[C@@H](C)C[C@@H]1OC(=O)[C@@H](C)Sc1n[nH]c(=O)[nH]c1=O. The average Bonchev–Trinajstić information content (AvgIpc) is 2.49. The molecule has 1 aliphatic rings. The molecule has 0 radical (unpaired) electrons. The van der Waals surface area contributed by atoms with E-state index in [4.69, 9.17) is 4.74 Å². The summed E-state index contributed by atoms with van der Waals surface area (Å²) in [5, 5.41) is 5.31. The molecule has 8 heteroatoms. The number of esters is 1. The molecular weight excluding hydrogens is 330 g/mol. The van der Waals surface area contributed by atoms with Gasteiger partial charge < -0.3 is 4.74 Å². The summed E-state index contributed by atoms with van der Waals surface area (Å²) in [6.07, 6.45) is 3.03. The van der Waals surface area contributed by atoms with E-state index in [1.54, 1.807) is 6.92 Å². The Morgan fingerprint density at radius 1 is 1.29 bits per heavy atom. The van der Waals surface area contributed by atoms with Crippen LogP contribution in [0.3, 0.4) is 0 Å². The first-order chi connectivity index (χ1) is 11.3. The number of ether oxygens (including phenoxy) is 1. The third-order valence-electron chi connectivity index (χ3n) is 4.53. The molecule has 4 atom stereocenters. The van der Waals surface area contributed by atoms with E-state index in [0.717, 1.165) is 31.0 Å². The van der Waals surface area contributed by atoms with Crippen LogP contribution in [0.15, 0.2) is 14.6 Å². The molecule has 1 aliphatic carbocycles. The number of nitrogens with one attached hydrogen (secondary N) is 2. The maximum atomic E-state index is 12.4. The molecule has 0 bridgehead atoms. The number of nitrogens with zero attached hydrogens (tertiary/aromatic N) is 1. The third-order valence-corrected chi connectivity index (χ3v) is 5.58. The van der Waals surface area contributed by atoms with Crippen LogP contribution in [-0.2, 0) is 9.53 Å². The molecule has 0 unspecified atom stereocenters. The quantitative estimate of drug-likeness (QED) is 0.618. The van der Waals surface area contributed by atoms with Gasteiger partial charge in [0.25, 0.3) is 5.56 Å². The van der Waals surface area contributed by atoms with Crippen LogP contribution in [0.2, 0.25) is 0 Å². The van der Waals surface area contributed by atoms with Gasteiger partial charge in [0.1, 0.15) is 11.4 Å². The number of rotatable bonds is 5. The number of aromatic amines is 2. The van der Waals surface area contributed by atoms with Crippen molar-refractivity contribution in [3.05, 3.63) is 20.8 Å². The van der Waals surface area contributed by atoms with Crippen molar-refractivity contribution in [3.63, 3.8) is 0 Å². The molecule has 0 aliphatic heterocycles. The molecule has 0 saturated heterocycles. The normalized spacial score (nSPS) is 25.5. The van der Waals surface area contributed by atoms with Crippen molar-refractivity contribution in [1.82, 2.24) is 15.2 Å². The summed E-state index contributed by atoms with van der Waals surface area (Å²) in [5.41, 5.74) is -1.27. The second-order valence-electron chi connectivity index (χ2n) is 6.87. The number of H-pyrrole nitrogens is 2. The summed E-state index contributed by atoms with van der Waals surface area (Å²) >= 11 is 0.986. The van der Waals surface area contributed by atoms with Gasteiger partial charge in [0.15, 0.2) is 5.03 Å². The molecule has 0 spiro atoms. The lowest BCUT2D eigenvalue weighted by Gasteiger charge is -2.37. The van der Waals surface area contributed by atoms with Crippen LogP contribution in [0.25, 0.3) is 0 Å². The lowest BCUT2D eigenvalue weighted by molar-refractivity contribution is -0.154. The van der Waals surface area contributed by atoms with Crippen molar-refractivity contribution in [3.8, 4) is 0 Å². The maximum absolute atomic E-state index is 12.4. The lowest BCUT2D eigenvalue weighted by atomic mass is 9.75. The van der Waals surface area contributed by atoms with Gasteiger partial charge in [-0.3, -0.25) is 14.6 Å². The third kappa shape index (κ3) is 4.72. The number of carbonyl (C=O) groups is 1. The van der Waals surface area contributed by atoms with E-state index in [0.29, 0.717) is 17.8 Å². The summed E-state index contributed by atoms with van der Waals surface area (Å²) < 4.78 is 5.76. The largest absolute Gasteiger partial charge is 0.461 e. The first-order valence-corrected chi connectivity index (χ1v) is 9.22. The Morgan fingerprint density at radius 3 is 2.62 bits per heavy atom. The van der Waals surface area contributed by atoms with Crippen LogP contribution < -0.4 is 11.2 Å². The van der Waals surface area contributed by atoms with Crippen molar-refractivity contribution < 1.29 is 9.53 Å². The molecule has 2 rings (SSSR count). The molecule has 1 heterocycles. The van der Waals surface area contributed by atoms with E-state index in [1.165, 1.54) is 0 Å². The highest BCUT2D eigenvalue weighted by Gasteiger charge is 2.34. The van der Waals surface area contributed by atoms with E-state index in [9.17, 15) is 14.4 Å². The van der Waals surface area contributed by atoms with Gasteiger partial charge >= 0.3 is 11.7 Å². The molecule has 1 saturated carbocycles. The van der Waals surface area contributed by atoms with Gasteiger partial charge in [0, 0.05) is 0 Å². The summed E-state index contributed by atoms with van der Waals surface area (Å²) in [6.45, 7) is 8.17. The standard InChI is InChI=1S/C16H25N3O4S/c1-8(2)11-6-5-9(3)7-12(11)23-15(21)10(4)24-14-13(20)17-16(22)19-18-14/h8-12H,5-7H2,1-4H3,(H2,17,19,20,22)/t9-,10-,11+,12+/m1/s1. The number of thioether (sulfide) groups is 1. The van der Waals surface area contributed by atoms with E-state index in [1.807, 2.05) is 0 Å². The lowest BCUT2D eigenvalue weighted by Crippen LogP contribution is -2.37. The van der Waals surface area contributed by atoms with Crippen LogP contribution in [0.5, 0.6) is 0 Å². The summed E-state index contributed by atoms with van der Waals surface area (Å²) in [7, 11) is 0. The molecule has 7 nitrogen and oxygen atoms in total. The Balaban J connectivity index is 2.01. The average molecular weight is 355 g/mol. The topological polar surface area (TPSA) is 105 Å². The molecule has 1 aromatic heterocycles. The van der Waals surface area contributed by atoms with Crippen molar-refractivity contribution in [1.29, 1.82) is 0 Å². The Morgan fingerprint density at radius 2 is 2.00 bits per heavy atom. The first kappa shape index (κ1) is 18.8. The Bertz CT molecular complexity index is 684. The molecular formula is C16H25N3O4S. The van der Waals surface area contributed by atoms with E-state index in [2.05, 4.69) is 36.0 Å². The summed E-state index contributed by atoms with van der Waals surface area (Å²) in [6, 6.07) is 0. The van der Waals surface area contributed by atoms with Crippen LogP contribution in [0.4, 0.5) is 0 Å². The first-order valence-electron chi connectivity index (χ1n) is 8.34. The number of carbonyl (C=O) groups excluding carboxylic acids is 1. The molecule has 0 amide bonds. The van der Waals surface area contributed by atoms with Crippen molar-refractivity contribution >= 4 is 17.7 Å². The second-order valence-corrected chi connectivity index (χ2v) is 8.20. The van der Waals surface area contributed by atoms with Gasteiger partial charge in [-0.2, -0.15) is 5.10 Å². The molecule has 1 aromatic rings. The number of hydrogen-bond acceptors (Lipinski definition) is 6. The molecule has 24 heavy (non-hydrogen) atoms. The summed E-state index contributed by atoms with van der Waals surface area (Å²) in [5.74, 6) is 1.03. The molecule has 2 N–H and O–H groups in total. The predicted molar refractivity (Wildman–Crippen MR) is 92.0 cm³/mol. The van der Waals surface area contributed by atoms with Crippen molar-refractivity contribution in [2.24, 2.45) is 17.8 Å². The van der Waals surface area contributed by atoms with Gasteiger partial charge in [0.05, 0.1) is 0 Å². The van der Waals surface area contributed by atoms with Crippen LogP contribution in [0, 0.1) is 17.8 Å². The maximum Gasteiger partial charge on any atom is 0.342 e. The van der Waals surface area contributed by atoms with Gasteiger partial charge in [-0.15, -0.1) is 0 Å². The van der Waals surface area contributed by atoms with E-state index in [-0.39, 0.29) is 17.1 Å². The van der Waals surface area contributed by atoms with Gasteiger partial charge in [-0.1, -0.05) is 39.0 Å². The highest BCUT2D eigenvalue weighted by Crippen LogP contribution is 2.36. The fourth-order valence-electron chi connectivity index (χ4n) is 3.13. The molecule has 0 aromatic carbocycles. The van der Waals surface area contributed by atoms with Crippen molar-refractivity contribution in [2.75, 3.05) is 0 Å². The zero-order valence-electron chi connectivity index (χ0n) is 14.5. The summed E-state index contributed by atoms with van der Waals surface area (Å²) in [4.78, 5) is 37.1. The highest BCUT2D eigenvalue weighted by atomic mass is 32.2. The predicted octanol–water partition coefficient (Wildman–Crippen LogP) is 1.94. The minimum absolute atomic E-state index is 0.0523. The second kappa shape index (κ2) is 8.00. The fourth-order valence-corrected chi connectivity index (χ4v) is 3.87. The Labute approximate surface area is 145 Å². The zero-order valence-corrected chi connectivity index (χ0v) is 15.3. The number of aromatic nitrogens is 3. The Kier molecular flexibility index (Phi) is 6.26.